The summed E-state index contributed by atoms with van der Waals surface area (Å²) in [5.41, 5.74) is 8.49. The summed E-state index contributed by atoms with van der Waals surface area (Å²) in [6.07, 6.45) is 1.93. The van der Waals surface area contributed by atoms with Crippen molar-refractivity contribution in [1.29, 1.82) is 0 Å². The van der Waals surface area contributed by atoms with E-state index in [1.807, 2.05) is 30.5 Å². The lowest BCUT2D eigenvalue weighted by Crippen LogP contribution is -1.95. The molecule has 0 atom stereocenters. The molecule has 2 rings (SSSR count). The summed E-state index contributed by atoms with van der Waals surface area (Å²) < 4.78 is 1.95. The van der Waals surface area contributed by atoms with Crippen LogP contribution in [0.2, 0.25) is 0 Å². The minimum Gasteiger partial charge on any atom is -0.325 e. The van der Waals surface area contributed by atoms with Crippen molar-refractivity contribution in [1.82, 2.24) is 14.4 Å². The highest BCUT2D eigenvalue weighted by molar-refractivity contribution is 5.34. The zero-order chi connectivity index (χ0) is 9.42. The largest absolute Gasteiger partial charge is 0.325 e. The van der Waals surface area contributed by atoms with Crippen molar-refractivity contribution in [2.45, 2.75) is 20.4 Å². The molecule has 0 aliphatic rings. The van der Waals surface area contributed by atoms with E-state index in [9.17, 15) is 0 Å². The van der Waals surface area contributed by atoms with Gasteiger partial charge in [0, 0.05) is 24.1 Å². The second-order valence-corrected chi connectivity index (χ2v) is 3.15. The second kappa shape index (κ2) is 2.81. The number of hydrogen-bond acceptors (Lipinski definition) is 3. The predicted molar refractivity (Wildman–Crippen MR) is 50.4 cm³/mol. The summed E-state index contributed by atoms with van der Waals surface area (Å²) in [5.74, 6) is 0.734. The van der Waals surface area contributed by atoms with Crippen LogP contribution >= 0.6 is 0 Å². The van der Waals surface area contributed by atoms with Crippen molar-refractivity contribution < 1.29 is 0 Å². The fraction of sp³-hybridized carbons (Fsp3) is 0.333. The average Bonchev–Trinajstić information content (AvgIpc) is 2.47. The molecular formula is C9H12N4. The topological polar surface area (TPSA) is 56.2 Å². The van der Waals surface area contributed by atoms with E-state index in [0.717, 1.165) is 22.9 Å². The zero-order valence-corrected chi connectivity index (χ0v) is 7.78. The molecule has 0 saturated heterocycles. The third-order valence-corrected chi connectivity index (χ3v) is 2.02. The molecule has 0 bridgehead atoms. The maximum atomic E-state index is 5.50. The fourth-order valence-corrected chi connectivity index (χ4v) is 1.42. The van der Waals surface area contributed by atoms with Crippen LogP contribution in [0.4, 0.5) is 0 Å². The van der Waals surface area contributed by atoms with E-state index < -0.39 is 0 Å². The Kier molecular flexibility index (Phi) is 1.77. The third-order valence-electron chi connectivity index (χ3n) is 2.02. The number of rotatable bonds is 1. The lowest BCUT2D eigenvalue weighted by molar-refractivity contribution is 1.01. The first-order valence-electron chi connectivity index (χ1n) is 4.23. The van der Waals surface area contributed by atoms with Gasteiger partial charge in [0.05, 0.1) is 5.69 Å². The number of nitrogens with zero attached hydrogens (tertiary/aromatic N) is 3. The van der Waals surface area contributed by atoms with Crippen LogP contribution in [-0.2, 0) is 6.54 Å². The molecule has 2 N–H and O–H groups in total. The zero-order valence-electron chi connectivity index (χ0n) is 7.78. The van der Waals surface area contributed by atoms with Gasteiger partial charge in [-0.15, -0.1) is 0 Å². The highest BCUT2D eigenvalue weighted by atomic mass is 15.1. The van der Waals surface area contributed by atoms with Crippen molar-refractivity contribution in [2.24, 2.45) is 5.73 Å². The molecule has 0 radical (unpaired) electrons. The molecule has 0 aromatic carbocycles. The van der Waals surface area contributed by atoms with E-state index in [0.29, 0.717) is 6.54 Å². The SMILES string of the molecule is Cc1cc(C)n2cc(CN)nc2n1. The van der Waals surface area contributed by atoms with Crippen LogP contribution in [0.15, 0.2) is 12.3 Å². The Bertz CT molecular complexity index is 444. The first-order valence-corrected chi connectivity index (χ1v) is 4.23. The highest BCUT2D eigenvalue weighted by Crippen LogP contribution is 2.07. The van der Waals surface area contributed by atoms with Gasteiger partial charge in [0.1, 0.15) is 0 Å². The number of imidazole rings is 1. The lowest BCUT2D eigenvalue weighted by atomic mass is 10.3. The third kappa shape index (κ3) is 1.29. The van der Waals surface area contributed by atoms with Gasteiger partial charge in [-0.3, -0.25) is 4.40 Å². The van der Waals surface area contributed by atoms with E-state index in [2.05, 4.69) is 9.97 Å². The maximum Gasteiger partial charge on any atom is 0.234 e. The van der Waals surface area contributed by atoms with Crippen LogP contribution in [0, 0.1) is 13.8 Å². The summed E-state index contributed by atoms with van der Waals surface area (Å²) >= 11 is 0. The number of aromatic nitrogens is 3. The van der Waals surface area contributed by atoms with Crippen LogP contribution in [0.25, 0.3) is 5.78 Å². The Labute approximate surface area is 76.4 Å². The number of aryl methyl sites for hydroxylation is 2. The monoisotopic (exact) mass is 176 g/mol. The number of hydrogen-bond donors (Lipinski definition) is 1. The van der Waals surface area contributed by atoms with Gasteiger partial charge in [-0.2, -0.15) is 0 Å². The Morgan fingerprint density at radius 3 is 2.85 bits per heavy atom. The number of nitrogens with two attached hydrogens (primary N) is 1. The predicted octanol–water partition coefficient (Wildman–Crippen LogP) is 0.805. The molecule has 0 aliphatic heterocycles. The lowest BCUT2D eigenvalue weighted by Gasteiger charge is -1.98. The Morgan fingerprint density at radius 2 is 2.15 bits per heavy atom. The number of fused-ring (bicyclic) bond motifs is 1. The molecule has 0 fully saturated rings. The standard InChI is InChI=1S/C9H12N4/c1-6-3-7(2)13-5-8(4-10)12-9(13)11-6/h3,5H,4,10H2,1-2H3. The molecule has 0 spiro atoms. The van der Waals surface area contributed by atoms with Crippen molar-refractivity contribution in [2.75, 3.05) is 0 Å². The van der Waals surface area contributed by atoms with Crippen LogP contribution in [0.5, 0.6) is 0 Å². The molecule has 2 aromatic heterocycles. The molecule has 0 aliphatic carbocycles. The van der Waals surface area contributed by atoms with Crippen LogP contribution in [0.1, 0.15) is 17.1 Å². The van der Waals surface area contributed by atoms with E-state index in [1.54, 1.807) is 0 Å². The van der Waals surface area contributed by atoms with Crippen LogP contribution in [0.3, 0.4) is 0 Å². The van der Waals surface area contributed by atoms with Crippen LogP contribution in [-0.4, -0.2) is 14.4 Å². The van der Waals surface area contributed by atoms with Crippen molar-refractivity contribution in [3.63, 3.8) is 0 Å². The molecular weight excluding hydrogens is 164 g/mol. The van der Waals surface area contributed by atoms with Gasteiger partial charge in [0.15, 0.2) is 0 Å². The van der Waals surface area contributed by atoms with Crippen LogP contribution < -0.4 is 5.73 Å². The van der Waals surface area contributed by atoms with E-state index in [-0.39, 0.29) is 0 Å². The molecule has 2 heterocycles. The summed E-state index contributed by atoms with van der Waals surface area (Å²) in [5, 5.41) is 0. The first kappa shape index (κ1) is 8.19. The Morgan fingerprint density at radius 1 is 1.38 bits per heavy atom. The average molecular weight is 176 g/mol. The molecule has 13 heavy (non-hydrogen) atoms. The normalized spacial score (nSPS) is 11.0. The fourth-order valence-electron chi connectivity index (χ4n) is 1.42. The van der Waals surface area contributed by atoms with E-state index >= 15 is 0 Å². The van der Waals surface area contributed by atoms with Crippen molar-refractivity contribution in [3.05, 3.63) is 29.3 Å². The van der Waals surface area contributed by atoms with Gasteiger partial charge >= 0.3 is 0 Å². The van der Waals surface area contributed by atoms with E-state index in [1.165, 1.54) is 0 Å². The smallest absolute Gasteiger partial charge is 0.234 e. The molecule has 0 saturated carbocycles. The molecule has 2 aromatic rings. The van der Waals surface area contributed by atoms with Gasteiger partial charge in [0.2, 0.25) is 5.78 Å². The molecule has 0 unspecified atom stereocenters. The summed E-state index contributed by atoms with van der Waals surface area (Å²) in [7, 11) is 0. The van der Waals surface area contributed by atoms with Crippen molar-refractivity contribution in [3.8, 4) is 0 Å². The minimum absolute atomic E-state index is 0.460. The van der Waals surface area contributed by atoms with Gasteiger partial charge < -0.3 is 5.73 Å². The van der Waals surface area contributed by atoms with Gasteiger partial charge in [-0.25, -0.2) is 9.97 Å². The summed E-state index contributed by atoms with van der Waals surface area (Å²) in [6.45, 7) is 4.45. The van der Waals surface area contributed by atoms with Crippen molar-refractivity contribution >= 4 is 5.78 Å². The Hall–Kier alpha value is -1.42. The van der Waals surface area contributed by atoms with Gasteiger partial charge in [-0.05, 0) is 19.9 Å². The van der Waals surface area contributed by atoms with E-state index in [4.69, 9.17) is 5.73 Å². The molecule has 4 nitrogen and oxygen atoms in total. The van der Waals surface area contributed by atoms with Gasteiger partial charge in [0.25, 0.3) is 0 Å². The first-order chi connectivity index (χ1) is 6.20. The minimum atomic E-state index is 0.460. The maximum absolute atomic E-state index is 5.50. The molecule has 4 heteroatoms. The Balaban J connectivity index is 2.75. The highest BCUT2D eigenvalue weighted by Gasteiger charge is 2.03. The second-order valence-electron chi connectivity index (χ2n) is 3.15. The van der Waals surface area contributed by atoms with Gasteiger partial charge in [-0.1, -0.05) is 0 Å². The quantitative estimate of drug-likeness (QED) is 0.699. The molecule has 68 valence electrons. The summed E-state index contributed by atoms with van der Waals surface area (Å²) in [4.78, 5) is 8.58. The molecule has 0 amide bonds. The summed E-state index contributed by atoms with van der Waals surface area (Å²) in [6, 6.07) is 2.02.